The molecule has 0 aromatic heterocycles. The first-order valence-corrected chi connectivity index (χ1v) is 9.47. The minimum atomic E-state index is -0.937. The summed E-state index contributed by atoms with van der Waals surface area (Å²) >= 11 is 6.05. The molecule has 2 amide bonds. The number of para-hydroxylation sites is 1. The molecule has 29 heavy (non-hydrogen) atoms. The van der Waals surface area contributed by atoms with Crippen molar-refractivity contribution in [2.75, 3.05) is 24.4 Å². The fraction of sp³-hybridized carbons (Fsp3) is 0.286. The van der Waals surface area contributed by atoms with Crippen LogP contribution in [0.25, 0.3) is 0 Å². The van der Waals surface area contributed by atoms with E-state index in [0.717, 1.165) is 12.8 Å². The number of esters is 1. The van der Waals surface area contributed by atoms with Crippen molar-refractivity contribution in [1.29, 1.82) is 0 Å². The van der Waals surface area contributed by atoms with E-state index in [1.807, 2.05) is 6.92 Å². The summed E-state index contributed by atoms with van der Waals surface area (Å²) in [5.74, 6) is -2.10. The van der Waals surface area contributed by atoms with Crippen LogP contribution < -0.4 is 15.4 Å². The molecule has 0 fully saturated rings. The fourth-order valence-electron chi connectivity index (χ4n) is 2.45. The van der Waals surface area contributed by atoms with Gasteiger partial charge in [-0.3, -0.25) is 9.59 Å². The molecule has 2 aromatic rings. The molecule has 2 aromatic carbocycles. The minimum absolute atomic E-state index is 0.171. The second kappa shape index (κ2) is 10.5. The number of carbonyl (C=O) groups is 3. The molecular weight excluding hydrogens is 396 g/mol. The van der Waals surface area contributed by atoms with Crippen molar-refractivity contribution in [2.24, 2.45) is 0 Å². The number of rotatable bonds is 7. The number of methoxy groups -OCH3 is 1. The van der Waals surface area contributed by atoms with Gasteiger partial charge in [0.25, 0.3) is 0 Å². The van der Waals surface area contributed by atoms with Crippen molar-refractivity contribution in [3.8, 4) is 5.75 Å². The van der Waals surface area contributed by atoms with E-state index in [0.29, 0.717) is 22.0 Å². The quantitative estimate of drug-likeness (QED) is 0.399. The maximum absolute atomic E-state index is 12.4. The lowest BCUT2D eigenvalue weighted by Gasteiger charge is -2.13. The summed E-state index contributed by atoms with van der Waals surface area (Å²) in [7, 11) is 1.43. The van der Waals surface area contributed by atoms with Crippen LogP contribution in [0, 0.1) is 6.92 Å². The van der Waals surface area contributed by atoms with Crippen LogP contribution >= 0.6 is 11.6 Å². The second-order valence-electron chi connectivity index (χ2n) is 6.24. The Bertz CT molecular complexity index is 914. The van der Waals surface area contributed by atoms with Gasteiger partial charge in [-0.1, -0.05) is 37.1 Å². The number of benzene rings is 2. The average molecular weight is 419 g/mol. The van der Waals surface area contributed by atoms with Crippen molar-refractivity contribution < 1.29 is 23.9 Å². The zero-order valence-corrected chi connectivity index (χ0v) is 17.3. The number of ether oxygens (including phenoxy) is 2. The molecule has 0 saturated carbocycles. The number of halogens is 1. The number of anilines is 2. The lowest BCUT2D eigenvalue weighted by Crippen LogP contribution is -2.30. The van der Waals surface area contributed by atoms with Crippen LogP contribution in [0.4, 0.5) is 11.4 Å². The van der Waals surface area contributed by atoms with Crippen LogP contribution in [0.5, 0.6) is 5.75 Å². The number of unbranched alkanes of at least 4 members (excludes halogenated alkanes) is 1. The minimum Gasteiger partial charge on any atom is -0.495 e. The Morgan fingerprint density at radius 1 is 1.03 bits per heavy atom. The van der Waals surface area contributed by atoms with Crippen molar-refractivity contribution in [1.82, 2.24) is 0 Å². The zero-order chi connectivity index (χ0) is 21.4. The highest BCUT2D eigenvalue weighted by molar-refractivity contribution is 6.44. The van der Waals surface area contributed by atoms with E-state index in [2.05, 4.69) is 10.6 Å². The van der Waals surface area contributed by atoms with Gasteiger partial charge in [-0.2, -0.15) is 0 Å². The van der Waals surface area contributed by atoms with E-state index in [1.54, 1.807) is 31.2 Å². The molecule has 0 radical (unpaired) electrons. The maximum Gasteiger partial charge on any atom is 0.340 e. The van der Waals surface area contributed by atoms with Crippen LogP contribution in [0.2, 0.25) is 5.02 Å². The van der Waals surface area contributed by atoms with Gasteiger partial charge in [0, 0.05) is 11.1 Å². The van der Waals surface area contributed by atoms with Crippen LogP contribution in [0.1, 0.15) is 35.7 Å². The van der Waals surface area contributed by atoms with Gasteiger partial charge in [0.2, 0.25) is 0 Å². The average Bonchev–Trinajstić information content (AvgIpc) is 2.70. The zero-order valence-electron chi connectivity index (χ0n) is 16.5. The molecular formula is C21H23ClN2O5. The second-order valence-corrected chi connectivity index (χ2v) is 6.65. The molecule has 2 N–H and O–H groups in total. The van der Waals surface area contributed by atoms with Crippen LogP contribution in [0.3, 0.4) is 0 Å². The molecule has 7 nitrogen and oxygen atoms in total. The topological polar surface area (TPSA) is 93.7 Å². The van der Waals surface area contributed by atoms with E-state index in [1.165, 1.54) is 19.2 Å². The number of hydrogen-bond acceptors (Lipinski definition) is 5. The Morgan fingerprint density at radius 3 is 2.34 bits per heavy atom. The summed E-state index contributed by atoms with van der Waals surface area (Å²) < 4.78 is 10.4. The van der Waals surface area contributed by atoms with Gasteiger partial charge in [-0.15, -0.1) is 0 Å². The summed E-state index contributed by atoms with van der Waals surface area (Å²) in [5.41, 5.74) is 1.38. The molecule has 154 valence electrons. The van der Waals surface area contributed by atoms with Crippen molar-refractivity contribution in [2.45, 2.75) is 26.7 Å². The molecule has 0 bridgehead atoms. The monoisotopic (exact) mass is 418 g/mol. The third-order valence-electron chi connectivity index (χ3n) is 4.06. The lowest BCUT2D eigenvalue weighted by molar-refractivity contribution is -0.133. The first-order chi connectivity index (χ1) is 13.9. The van der Waals surface area contributed by atoms with E-state index < -0.39 is 17.8 Å². The smallest absolute Gasteiger partial charge is 0.340 e. The van der Waals surface area contributed by atoms with Crippen LogP contribution in [-0.4, -0.2) is 31.5 Å². The highest BCUT2D eigenvalue weighted by Gasteiger charge is 2.20. The standard InChI is InChI=1S/C21H23ClN2O5/c1-4-5-10-29-21(27)14-8-6-7-9-16(14)23-19(25)20(26)24-17-11-13(2)15(22)12-18(17)28-3/h6-9,11-12H,4-5,10H2,1-3H3,(H,23,25)(H,24,26). The Labute approximate surface area is 174 Å². The van der Waals surface area contributed by atoms with Crippen molar-refractivity contribution in [3.05, 3.63) is 52.5 Å². The molecule has 0 unspecified atom stereocenters. The highest BCUT2D eigenvalue weighted by atomic mass is 35.5. The first kappa shape index (κ1) is 22.2. The van der Waals surface area contributed by atoms with Gasteiger partial charge in [0.15, 0.2) is 0 Å². The SMILES string of the molecule is CCCCOC(=O)c1ccccc1NC(=O)C(=O)Nc1cc(C)c(Cl)cc1OC. The lowest BCUT2D eigenvalue weighted by atomic mass is 10.1. The number of aryl methyl sites for hydroxylation is 1. The molecule has 0 heterocycles. The predicted molar refractivity (Wildman–Crippen MR) is 112 cm³/mol. The maximum atomic E-state index is 12.4. The highest BCUT2D eigenvalue weighted by Crippen LogP contribution is 2.31. The Morgan fingerprint density at radius 2 is 1.69 bits per heavy atom. The van der Waals surface area contributed by atoms with E-state index in [-0.39, 0.29) is 17.9 Å². The fourth-order valence-corrected chi connectivity index (χ4v) is 2.60. The third kappa shape index (κ3) is 5.96. The van der Waals surface area contributed by atoms with Gasteiger partial charge < -0.3 is 20.1 Å². The summed E-state index contributed by atoms with van der Waals surface area (Å²) in [6.07, 6.45) is 1.63. The molecule has 0 atom stereocenters. The summed E-state index contributed by atoms with van der Waals surface area (Å²) in [5, 5.41) is 5.41. The first-order valence-electron chi connectivity index (χ1n) is 9.10. The van der Waals surface area contributed by atoms with Crippen LogP contribution in [-0.2, 0) is 14.3 Å². The molecule has 8 heteroatoms. The van der Waals surface area contributed by atoms with Gasteiger partial charge in [0.05, 0.1) is 30.7 Å². The predicted octanol–water partition coefficient (Wildman–Crippen LogP) is 4.19. The third-order valence-corrected chi connectivity index (χ3v) is 4.47. The van der Waals surface area contributed by atoms with Crippen molar-refractivity contribution >= 4 is 40.8 Å². The van der Waals surface area contributed by atoms with Gasteiger partial charge in [-0.25, -0.2) is 4.79 Å². The number of nitrogens with one attached hydrogen (secondary N) is 2. The largest absolute Gasteiger partial charge is 0.495 e. The number of amides is 2. The van der Waals surface area contributed by atoms with E-state index in [9.17, 15) is 14.4 Å². The van der Waals surface area contributed by atoms with Gasteiger partial charge >= 0.3 is 17.8 Å². The van der Waals surface area contributed by atoms with E-state index >= 15 is 0 Å². The van der Waals surface area contributed by atoms with E-state index in [4.69, 9.17) is 21.1 Å². The Kier molecular flexibility index (Phi) is 8.03. The molecule has 2 rings (SSSR count). The summed E-state index contributed by atoms with van der Waals surface area (Å²) in [6, 6.07) is 9.48. The Hall–Kier alpha value is -3.06. The molecule has 0 spiro atoms. The molecule has 0 saturated heterocycles. The molecule has 0 aliphatic heterocycles. The van der Waals surface area contributed by atoms with Crippen molar-refractivity contribution in [3.63, 3.8) is 0 Å². The number of carbonyl (C=O) groups excluding carboxylic acids is 3. The number of hydrogen-bond donors (Lipinski definition) is 2. The molecule has 0 aliphatic carbocycles. The molecule has 0 aliphatic rings. The van der Waals surface area contributed by atoms with Crippen LogP contribution in [0.15, 0.2) is 36.4 Å². The van der Waals surface area contributed by atoms with Gasteiger partial charge in [0.1, 0.15) is 5.75 Å². The van der Waals surface area contributed by atoms with Gasteiger partial charge in [-0.05, 0) is 37.1 Å². The summed E-state index contributed by atoms with van der Waals surface area (Å²) in [4.78, 5) is 36.9. The normalized spacial score (nSPS) is 10.2. The Balaban J connectivity index is 2.12. The summed E-state index contributed by atoms with van der Waals surface area (Å²) in [6.45, 7) is 4.03.